The van der Waals surface area contributed by atoms with Crippen molar-refractivity contribution in [2.24, 2.45) is 0 Å². The third-order valence-corrected chi connectivity index (χ3v) is 8.29. The van der Waals surface area contributed by atoms with Crippen LogP contribution < -0.4 is 9.47 Å². The maximum Gasteiger partial charge on any atom is 0.254 e. The van der Waals surface area contributed by atoms with Crippen LogP contribution in [0.3, 0.4) is 0 Å². The Morgan fingerprint density at radius 2 is 1.82 bits per heavy atom. The molecule has 7 nitrogen and oxygen atoms in total. The van der Waals surface area contributed by atoms with Crippen LogP contribution in [0.5, 0.6) is 11.5 Å². The monoisotopic (exact) mass is 541 g/mol. The fourth-order valence-corrected chi connectivity index (χ4v) is 6.32. The molecule has 2 atom stereocenters. The van der Waals surface area contributed by atoms with Crippen LogP contribution >= 0.6 is 0 Å². The van der Waals surface area contributed by atoms with Crippen LogP contribution in [0.2, 0.25) is 0 Å². The highest BCUT2D eigenvalue weighted by Gasteiger charge is 2.56. The molecule has 0 aliphatic carbocycles. The summed E-state index contributed by atoms with van der Waals surface area (Å²) in [7, 11) is 1.62. The highest BCUT2D eigenvalue weighted by Crippen LogP contribution is 2.50. The summed E-state index contributed by atoms with van der Waals surface area (Å²) in [6.45, 7) is 4.92. The van der Waals surface area contributed by atoms with Gasteiger partial charge in [-0.05, 0) is 55.7 Å². The van der Waals surface area contributed by atoms with E-state index >= 15 is 0 Å². The van der Waals surface area contributed by atoms with Gasteiger partial charge in [0.2, 0.25) is 5.91 Å². The lowest BCUT2D eigenvalue weighted by atomic mass is 9.76. The van der Waals surface area contributed by atoms with Gasteiger partial charge in [0.15, 0.2) is 17.0 Å². The van der Waals surface area contributed by atoms with E-state index in [-0.39, 0.29) is 30.1 Å². The molecule has 1 saturated heterocycles. The van der Waals surface area contributed by atoms with Crippen LogP contribution in [-0.2, 0) is 21.5 Å². The van der Waals surface area contributed by atoms with Crippen LogP contribution in [-0.4, -0.2) is 59.9 Å². The van der Waals surface area contributed by atoms with Gasteiger partial charge in [0.1, 0.15) is 5.82 Å². The van der Waals surface area contributed by atoms with Crippen molar-refractivity contribution in [3.05, 3.63) is 94.9 Å². The molecule has 3 aromatic carbocycles. The Bertz CT molecular complexity index is 1600. The first-order chi connectivity index (χ1) is 19.4. The summed E-state index contributed by atoms with van der Waals surface area (Å²) in [5, 5.41) is 1.01. The van der Waals surface area contributed by atoms with Gasteiger partial charge in [-0.3, -0.25) is 9.59 Å². The fourth-order valence-electron chi connectivity index (χ4n) is 6.32. The molecule has 2 amide bonds. The molecule has 3 heterocycles. The molecule has 206 valence electrons. The van der Waals surface area contributed by atoms with Gasteiger partial charge in [0.05, 0.1) is 26.0 Å². The van der Waals surface area contributed by atoms with Crippen molar-refractivity contribution in [3.8, 4) is 11.5 Å². The standard InChI is InChI=1S/C32H32FN3O4/c1-4-40-29-22(9-7-11-26(29)39-3)24-18-36-27(37)19-35(17-16-20-12-14-21(33)15-13-20)31(38)32(36,2)30-28(24)23-8-5-6-10-25(23)34-30/h5-15,24,34H,4,16-19H2,1-3H3. The third-order valence-electron chi connectivity index (χ3n) is 8.29. The lowest BCUT2D eigenvalue weighted by Gasteiger charge is -2.51. The summed E-state index contributed by atoms with van der Waals surface area (Å²) in [5.41, 5.74) is 3.24. The number of hydrogen-bond donors (Lipinski definition) is 1. The number of H-pyrrole nitrogens is 1. The number of carbonyl (C=O) groups is 2. The van der Waals surface area contributed by atoms with Crippen molar-refractivity contribution in [1.82, 2.24) is 14.8 Å². The van der Waals surface area contributed by atoms with Crippen LogP contribution in [0.15, 0.2) is 66.7 Å². The number of rotatable bonds is 7. The van der Waals surface area contributed by atoms with Crippen LogP contribution in [0, 0.1) is 5.82 Å². The van der Waals surface area contributed by atoms with Crippen molar-refractivity contribution >= 4 is 22.7 Å². The summed E-state index contributed by atoms with van der Waals surface area (Å²) in [6, 6.07) is 20.1. The predicted octanol–water partition coefficient (Wildman–Crippen LogP) is 4.99. The Morgan fingerprint density at radius 1 is 1.05 bits per heavy atom. The maximum absolute atomic E-state index is 14.3. The lowest BCUT2D eigenvalue weighted by molar-refractivity contribution is -0.166. The molecule has 0 radical (unpaired) electrons. The number of ether oxygens (including phenoxy) is 2. The zero-order chi connectivity index (χ0) is 28.0. The van der Waals surface area contributed by atoms with Crippen LogP contribution in [0.4, 0.5) is 4.39 Å². The van der Waals surface area contributed by atoms with Gasteiger partial charge in [0.25, 0.3) is 5.91 Å². The number of amides is 2. The molecule has 6 rings (SSSR count). The number of hydrogen-bond acceptors (Lipinski definition) is 4. The minimum Gasteiger partial charge on any atom is -0.493 e. The smallest absolute Gasteiger partial charge is 0.254 e. The Labute approximate surface area is 232 Å². The Kier molecular flexibility index (Phi) is 6.49. The first kappa shape index (κ1) is 25.9. The minimum absolute atomic E-state index is 0.00563. The third kappa shape index (κ3) is 4.01. The van der Waals surface area contributed by atoms with Crippen molar-refractivity contribution in [2.75, 3.05) is 33.4 Å². The summed E-state index contributed by atoms with van der Waals surface area (Å²) in [6.07, 6.45) is 0.527. The molecule has 8 heteroatoms. The number of methoxy groups -OCH3 is 1. The lowest BCUT2D eigenvalue weighted by Crippen LogP contribution is -2.67. The molecule has 0 saturated carbocycles. The number of fused-ring (bicyclic) bond motifs is 5. The summed E-state index contributed by atoms with van der Waals surface area (Å²) in [4.78, 5) is 34.9. The number of para-hydroxylation sites is 2. The van der Waals surface area contributed by atoms with E-state index in [4.69, 9.17) is 9.47 Å². The van der Waals surface area contributed by atoms with Crippen molar-refractivity contribution < 1.29 is 23.5 Å². The number of halogens is 1. The molecule has 2 unspecified atom stereocenters. The second-order valence-corrected chi connectivity index (χ2v) is 10.5. The van der Waals surface area contributed by atoms with Gasteiger partial charge in [-0.2, -0.15) is 0 Å². The average Bonchev–Trinajstić information content (AvgIpc) is 3.36. The second-order valence-electron chi connectivity index (χ2n) is 10.5. The van der Waals surface area contributed by atoms with Gasteiger partial charge in [-0.25, -0.2) is 4.39 Å². The van der Waals surface area contributed by atoms with Crippen molar-refractivity contribution in [2.45, 2.75) is 31.7 Å². The van der Waals surface area contributed by atoms with Gasteiger partial charge >= 0.3 is 0 Å². The van der Waals surface area contributed by atoms with Crippen molar-refractivity contribution in [3.63, 3.8) is 0 Å². The number of aromatic amines is 1. The zero-order valence-electron chi connectivity index (χ0n) is 22.9. The number of benzene rings is 3. The molecule has 1 aromatic heterocycles. The second kappa shape index (κ2) is 10.0. The summed E-state index contributed by atoms with van der Waals surface area (Å²) >= 11 is 0. The molecule has 4 aromatic rings. The number of piperazine rings is 1. The van der Waals surface area contributed by atoms with E-state index in [0.717, 1.165) is 33.3 Å². The van der Waals surface area contributed by atoms with E-state index in [1.807, 2.05) is 50.2 Å². The van der Waals surface area contributed by atoms with Crippen LogP contribution in [0.25, 0.3) is 10.9 Å². The Balaban J connectivity index is 1.46. The largest absolute Gasteiger partial charge is 0.493 e. The van der Waals surface area contributed by atoms with Crippen molar-refractivity contribution in [1.29, 1.82) is 0 Å². The molecule has 0 spiro atoms. The van der Waals surface area contributed by atoms with Gasteiger partial charge in [-0.1, -0.05) is 42.5 Å². The maximum atomic E-state index is 14.3. The number of nitrogens with one attached hydrogen (secondary N) is 1. The number of nitrogens with zero attached hydrogens (tertiary/aromatic N) is 2. The van der Waals surface area contributed by atoms with E-state index in [9.17, 15) is 14.0 Å². The summed E-state index contributed by atoms with van der Waals surface area (Å²) in [5.74, 6) is 0.491. The predicted molar refractivity (Wildman–Crippen MR) is 150 cm³/mol. The molecule has 1 fully saturated rings. The summed E-state index contributed by atoms with van der Waals surface area (Å²) < 4.78 is 25.1. The first-order valence-electron chi connectivity index (χ1n) is 13.6. The zero-order valence-corrected chi connectivity index (χ0v) is 22.9. The van der Waals surface area contributed by atoms with E-state index in [1.54, 1.807) is 29.0 Å². The fraction of sp³-hybridized carbons (Fsp3) is 0.312. The quantitative estimate of drug-likeness (QED) is 0.358. The SMILES string of the molecule is CCOc1c(OC)cccc1C1CN2C(=O)CN(CCc3ccc(F)cc3)C(=O)C2(C)c2[nH]c3ccccc3c21. The van der Waals surface area contributed by atoms with Gasteiger partial charge in [-0.15, -0.1) is 0 Å². The molecule has 1 N–H and O–H groups in total. The normalized spacial score (nSPS) is 20.4. The van der Waals surface area contributed by atoms with E-state index in [1.165, 1.54) is 12.1 Å². The number of carbonyl (C=O) groups excluding carboxylic acids is 2. The van der Waals surface area contributed by atoms with E-state index < -0.39 is 5.54 Å². The molecule has 0 bridgehead atoms. The van der Waals surface area contributed by atoms with Gasteiger partial charge in [0, 0.05) is 35.5 Å². The Hall–Kier alpha value is -4.33. The molecule has 2 aliphatic heterocycles. The molecular formula is C32H32FN3O4. The number of aromatic nitrogens is 1. The Morgan fingerprint density at radius 3 is 2.58 bits per heavy atom. The minimum atomic E-state index is -1.20. The highest BCUT2D eigenvalue weighted by atomic mass is 19.1. The van der Waals surface area contributed by atoms with E-state index in [2.05, 4.69) is 11.1 Å². The molecule has 40 heavy (non-hydrogen) atoms. The molecular weight excluding hydrogens is 509 g/mol. The first-order valence-corrected chi connectivity index (χ1v) is 13.6. The highest BCUT2D eigenvalue weighted by molar-refractivity contribution is 6.01. The van der Waals surface area contributed by atoms with E-state index in [0.29, 0.717) is 37.6 Å². The van der Waals surface area contributed by atoms with Gasteiger partial charge < -0.3 is 24.3 Å². The molecule has 2 aliphatic rings. The average molecular weight is 542 g/mol. The van der Waals surface area contributed by atoms with Crippen LogP contribution in [0.1, 0.15) is 42.1 Å². The topological polar surface area (TPSA) is 74.9 Å².